The minimum Gasteiger partial charge on any atom is -0.497 e. The van der Waals surface area contributed by atoms with Gasteiger partial charge in [0.15, 0.2) is 0 Å². The van der Waals surface area contributed by atoms with E-state index in [0.717, 1.165) is 28.3 Å². The molecular formula is C26H26N2O3. The van der Waals surface area contributed by atoms with Crippen LogP contribution in [0.15, 0.2) is 78.9 Å². The maximum atomic E-state index is 13.4. The molecule has 1 aliphatic heterocycles. The predicted molar refractivity (Wildman–Crippen MR) is 122 cm³/mol. The molecule has 31 heavy (non-hydrogen) atoms. The molecule has 0 unspecified atom stereocenters. The van der Waals surface area contributed by atoms with Crippen LogP contribution in [0.1, 0.15) is 30.0 Å². The van der Waals surface area contributed by atoms with Crippen molar-refractivity contribution in [3.63, 3.8) is 0 Å². The van der Waals surface area contributed by atoms with Gasteiger partial charge in [0.05, 0.1) is 19.1 Å². The number of amides is 2. The predicted octanol–water partition coefficient (Wildman–Crippen LogP) is 5.13. The van der Waals surface area contributed by atoms with E-state index in [4.69, 9.17) is 4.74 Å². The summed E-state index contributed by atoms with van der Waals surface area (Å²) in [5.41, 5.74) is 3.50. The monoisotopic (exact) mass is 414 g/mol. The van der Waals surface area contributed by atoms with Crippen LogP contribution in [0.4, 0.5) is 11.4 Å². The summed E-state index contributed by atoms with van der Waals surface area (Å²) in [4.78, 5) is 28.3. The molecule has 2 atom stereocenters. The molecule has 1 fully saturated rings. The van der Waals surface area contributed by atoms with Crippen LogP contribution in [0.3, 0.4) is 0 Å². The Kier molecular flexibility index (Phi) is 6.03. The molecule has 0 saturated carbocycles. The second-order valence-corrected chi connectivity index (χ2v) is 7.77. The van der Waals surface area contributed by atoms with Crippen LogP contribution in [-0.4, -0.2) is 18.9 Å². The normalized spacial score (nSPS) is 18.5. The number of benzene rings is 3. The minimum absolute atomic E-state index is 0.0129. The summed E-state index contributed by atoms with van der Waals surface area (Å²) in [5, 5.41) is 3.09. The van der Waals surface area contributed by atoms with Crippen molar-refractivity contribution in [3.8, 4) is 5.75 Å². The first-order valence-electron chi connectivity index (χ1n) is 10.5. The fourth-order valence-corrected chi connectivity index (χ4v) is 4.18. The largest absolute Gasteiger partial charge is 0.497 e. The summed E-state index contributed by atoms with van der Waals surface area (Å²) in [6.07, 6.45) is 0.823. The van der Waals surface area contributed by atoms with E-state index < -0.39 is 0 Å². The average molecular weight is 415 g/mol. The van der Waals surface area contributed by atoms with Gasteiger partial charge in [-0.2, -0.15) is 0 Å². The first-order valence-corrected chi connectivity index (χ1v) is 10.5. The maximum Gasteiger partial charge on any atom is 0.229 e. The Morgan fingerprint density at radius 2 is 1.65 bits per heavy atom. The Morgan fingerprint density at radius 1 is 0.968 bits per heavy atom. The van der Waals surface area contributed by atoms with E-state index in [1.807, 2.05) is 85.8 Å². The van der Waals surface area contributed by atoms with Crippen LogP contribution in [0.25, 0.3) is 0 Å². The molecule has 1 N–H and O–H groups in total. The van der Waals surface area contributed by atoms with Gasteiger partial charge in [-0.1, -0.05) is 48.5 Å². The summed E-state index contributed by atoms with van der Waals surface area (Å²) in [5.74, 6) is 0.285. The highest BCUT2D eigenvalue weighted by atomic mass is 16.5. The van der Waals surface area contributed by atoms with Gasteiger partial charge in [0, 0.05) is 17.8 Å². The highest BCUT2D eigenvalue weighted by molar-refractivity contribution is 6.00. The molecule has 4 rings (SSSR count). The Balaban J connectivity index is 1.72. The molecule has 0 aromatic heterocycles. The molecule has 1 saturated heterocycles. The zero-order valence-corrected chi connectivity index (χ0v) is 17.7. The van der Waals surface area contributed by atoms with Crippen molar-refractivity contribution in [2.24, 2.45) is 5.92 Å². The van der Waals surface area contributed by atoms with Crippen LogP contribution in [0.5, 0.6) is 5.75 Å². The number of ether oxygens (including phenoxy) is 1. The smallest absolute Gasteiger partial charge is 0.229 e. The van der Waals surface area contributed by atoms with Gasteiger partial charge in [0.2, 0.25) is 11.8 Å². The Labute approximate surface area is 182 Å². The van der Waals surface area contributed by atoms with Crippen LogP contribution >= 0.6 is 0 Å². The highest BCUT2D eigenvalue weighted by Gasteiger charge is 2.41. The van der Waals surface area contributed by atoms with Gasteiger partial charge in [-0.25, -0.2) is 0 Å². The number of hydrogen-bond donors (Lipinski definition) is 1. The zero-order chi connectivity index (χ0) is 21.8. The first kappa shape index (κ1) is 20.7. The molecule has 5 nitrogen and oxygen atoms in total. The number of nitrogens with one attached hydrogen (secondary N) is 1. The third kappa shape index (κ3) is 4.31. The van der Waals surface area contributed by atoms with Gasteiger partial charge >= 0.3 is 0 Å². The third-order valence-electron chi connectivity index (χ3n) is 5.83. The van der Waals surface area contributed by atoms with Gasteiger partial charge < -0.3 is 15.0 Å². The number of aryl methyl sites for hydroxylation is 1. The quantitative estimate of drug-likeness (QED) is 0.630. The third-order valence-corrected chi connectivity index (χ3v) is 5.83. The van der Waals surface area contributed by atoms with Gasteiger partial charge in [-0.15, -0.1) is 0 Å². The van der Waals surface area contributed by atoms with Crippen LogP contribution in [-0.2, 0) is 9.59 Å². The number of hydrogen-bond acceptors (Lipinski definition) is 3. The van der Waals surface area contributed by atoms with Gasteiger partial charge in [-0.3, -0.25) is 9.59 Å². The van der Waals surface area contributed by atoms with E-state index in [1.165, 1.54) is 0 Å². The molecule has 0 bridgehead atoms. The number of para-hydroxylation sites is 1. The van der Waals surface area contributed by atoms with Crippen molar-refractivity contribution < 1.29 is 14.3 Å². The number of rotatable bonds is 5. The summed E-state index contributed by atoms with van der Waals surface area (Å²) in [6, 6.07) is 24.5. The summed E-state index contributed by atoms with van der Waals surface area (Å²) >= 11 is 0. The number of anilines is 2. The molecule has 158 valence electrons. The molecule has 0 spiro atoms. The van der Waals surface area contributed by atoms with Crippen molar-refractivity contribution >= 4 is 23.2 Å². The molecular weight excluding hydrogens is 388 g/mol. The molecule has 2 amide bonds. The fourth-order valence-electron chi connectivity index (χ4n) is 4.18. The van der Waals surface area contributed by atoms with E-state index in [9.17, 15) is 9.59 Å². The van der Waals surface area contributed by atoms with Crippen molar-refractivity contribution in [1.82, 2.24) is 0 Å². The van der Waals surface area contributed by atoms with E-state index >= 15 is 0 Å². The van der Waals surface area contributed by atoms with Crippen LogP contribution in [0, 0.1) is 12.8 Å². The number of carbonyl (C=O) groups is 2. The summed E-state index contributed by atoms with van der Waals surface area (Å²) in [6.45, 7) is 1.97. The van der Waals surface area contributed by atoms with E-state index in [1.54, 1.807) is 12.0 Å². The molecule has 5 heteroatoms. The first-order chi connectivity index (χ1) is 15.1. The fraction of sp³-hybridized carbons (Fsp3) is 0.231. The van der Waals surface area contributed by atoms with Gasteiger partial charge in [0.25, 0.3) is 0 Å². The van der Waals surface area contributed by atoms with Crippen molar-refractivity contribution in [3.05, 3.63) is 90.0 Å². The highest BCUT2D eigenvalue weighted by Crippen LogP contribution is 2.41. The molecule has 3 aromatic carbocycles. The molecule has 1 heterocycles. The lowest BCUT2D eigenvalue weighted by Crippen LogP contribution is -2.47. The lowest BCUT2D eigenvalue weighted by atomic mass is 9.83. The number of methoxy groups -OCH3 is 1. The molecule has 1 aliphatic rings. The Bertz CT molecular complexity index is 1060. The van der Waals surface area contributed by atoms with Crippen molar-refractivity contribution in [1.29, 1.82) is 0 Å². The zero-order valence-electron chi connectivity index (χ0n) is 17.7. The SMILES string of the molecule is COc1ccc(N2C(=O)CC[C@@H](C(=O)Nc3ccccc3C)[C@H]2c2ccccc2)cc1. The number of piperidine rings is 1. The topological polar surface area (TPSA) is 58.6 Å². The lowest BCUT2D eigenvalue weighted by Gasteiger charge is -2.41. The second kappa shape index (κ2) is 9.04. The summed E-state index contributed by atoms with van der Waals surface area (Å²) < 4.78 is 5.26. The number of carbonyl (C=O) groups excluding carboxylic acids is 2. The maximum absolute atomic E-state index is 13.4. The van der Waals surface area contributed by atoms with Gasteiger partial charge in [-0.05, 0) is 54.8 Å². The lowest BCUT2D eigenvalue weighted by molar-refractivity contribution is -0.125. The van der Waals surface area contributed by atoms with Crippen molar-refractivity contribution in [2.45, 2.75) is 25.8 Å². The standard InChI is InChI=1S/C26H26N2O3/c1-18-8-6-7-11-23(18)27-26(30)22-16-17-24(29)28(20-12-14-21(31-2)15-13-20)25(22)19-9-4-3-5-10-19/h3-15,22,25H,16-17H2,1-2H3,(H,27,30)/t22-,25-/m1/s1. The second-order valence-electron chi connectivity index (χ2n) is 7.77. The Morgan fingerprint density at radius 3 is 2.32 bits per heavy atom. The average Bonchev–Trinajstić information content (AvgIpc) is 2.81. The minimum atomic E-state index is -0.389. The summed E-state index contributed by atoms with van der Waals surface area (Å²) in [7, 11) is 1.61. The number of nitrogens with zero attached hydrogens (tertiary/aromatic N) is 1. The van der Waals surface area contributed by atoms with Gasteiger partial charge in [0.1, 0.15) is 5.75 Å². The molecule has 0 aliphatic carbocycles. The Hall–Kier alpha value is -3.60. The van der Waals surface area contributed by atoms with Crippen LogP contribution in [0.2, 0.25) is 0 Å². The molecule has 3 aromatic rings. The van der Waals surface area contributed by atoms with Crippen molar-refractivity contribution in [2.75, 3.05) is 17.3 Å². The van der Waals surface area contributed by atoms with E-state index in [0.29, 0.717) is 12.8 Å². The molecule has 0 radical (unpaired) electrons. The van der Waals surface area contributed by atoms with Crippen LogP contribution < -0.4 is 15.0 Å². The van der Waals surface area contributed by atoms with E-state index in [2.05, 4.69) is 5.32 Å². The van der Waals surface area contributed by atoms with E-state index in [-0.39, 0.29) is 23.8 Å².